The van der Waals surface area contributed by atoms with Gasteiger partial charge in [0, 0.05) is 0 Å². The standard InChI is InChI=1S/C35H48ClNO2.C34H46ClNO2/c1-4-5-6-7-8-9-10-11-22-35(26-37)23-20-31(21-24-35)29-14-12-28(13-15-29)30-16-18-32(19-17-30)39-34(38)33(36)25-27(2)3;1-4-5-6-7-8-9-10-21-34(25-36)22-19-30(20-23-34)28-13-11-27(12-14-28)29-15-17-31(18-16-29)38-33(37)32(35)24-26(2)3/h12-19,27,31,33H,4-11,20-25H2,1-3H3;11-18,26,30,32H,4-10,19-24H2,1-3H3. The minimum Gasteiger partial charge on any atom is -0.425 e. The van der Waals surface area contributed by atoms with Crippen molar-refractivity contribution in [1.82, 2.24) is 0 Å². The Balaban J connectivity index is 0.000000284. The van der Waals surface area contributed by atoms with Crippen molar-refractivity contribution in [2.75, 3.05) is 0 Å². The number of hydrogen-bond donors (Lipinski definition) is 0. The highest BCUT2D eigenvalue weighted by atomic mass is 35.5. The summed E-state index contributed by atoms with van der Waals surface area (Å²) in [6.07, 6.45) is 31.5. The average molecular weight is 1090 g/mol. The highest BCUT2D eigenvalue weighted by Crippen LogP contribution is 2.47. The van der Waals surface area contributed by atoms with Gasteiger partial charge in [-0.25, -0.2) is 0 Å². The molecule has 0 N–H and O–H groups in total. The molecular formula is C69H94Cl2N2O4. The van der Waals surface area contributed by atoms with Crippen molar-refractivity contribution >= 4 is 35.1 Å². The number of esters is 2. The zero-order valence-corrected chi connectivity index (χ0v) is 49.6. The number of benzene rings is 4. The topological polar surface area (TPSA) is 100 Å². The van der Waals surface area contributed by atoms with Crippen LogP contribution in [0.1, 0.15) is 238 Å². The SMILES string of the molecule is CCCCCCCCCC1(C#N)CCC(c2ccc(-c3ccc(OC(=O)C(Cl)CC(C)C)cc3)cc2)CC1.CCCCCCCCCCC1(C#N)CCC(c2ccc(-c3ccc(OC(=O)C(Cl)CC(C)C)cc3)cc2)CC1. The summed E-state index contributed by atoms with van der Waals surface area (Å²) in [7, 11) is 0. The van der Waals surface area contributed by atoms with Crippen molar-refractivity contribution in [2.24, 2.45) is 22.7 Å². The number of nitriles is 2. The van der Waals surface area contributed by atoms with Gasteiger partial charge in [-0.1, -0.05) is 211 Å². The first-order valence-corrected chi connectivity index (χ1v) is 31.0. The van der Waals surface area contributed by atoms with Gasteiger partial charge in [0.15, 0.2) is 0 Å². The van der Waals surface area contributed by atoms with Crippen LogP contribution in [0.3, 0.4) is 0 Å². The van der Waals surface area contributed by atoms with Crippen LogP contribution < -0.4 is 9.47 Å². The van der Waals surface area contributed by atoms with Gasteiger partial charge in [0.2, 0.25) is 0 Å². The first-order valence-electron chi connectivity index (χ1n) is 30.2. The molecule has 4 aromatic carbocycles. The van der Waals surface area contributed by atoms with Crippen molar-refractivity contribution in [3.05, 3.63) is 108 Å². The highest BCUT2D eigenvalue weighted by Gasteiger charge is 2.37. The maximum Gasteiger partial charge on any atom is 0.329 e. The Hall–Kier alpha value is -4.62. The summed E-state index contributed by atoms with van der Waals surface area (Å²) in [6.45, 7) is 12.7. The molecule has 2 saturated carbocycles. The van der Waals surface area contributed by atoms with E-state index in [4.69, 9.17) is 32.7 Å². The van der Waals surface area contributed by atoms with Gasteiger partial charge < -0.3 is 9.47 Å². The van der Waals surface area contributed by atoms with Gasteiger partial charge in [-0.15, -0.1) is 23.2 Å². The molecule has 77 heavy (non-hydrogen) atoms. The van der Waals surface area contributed by atoms with Crippen molar-refractivity contribution in [2.45, 2.75) is 237 Å². The van der Waals surface area contributed by atoms with Crippen molar-refractivity contribution < 1.29 is 19.1 Å². The Morgan fingerprint density at radius 1 is 0.468 bits per heavy atom. The van der Waals surface area contributed by atoms with E-state index in [0.29, 0.717) is 48.0 Å². The van der Waals surface area contributed by atoms with E-state index in [-0.39, 0.29) is 10.8 Å². The fourth-order valence-corrected chi connectivity index (χ4v) is 12.4. The zero-order valence-electron chi connectivity index (χ0n) is 48.1. The van der Waals surface area contributed by atoms with Gasteiger partial charge in [-0.05, 0) is 158 Å². The molecule has 418 valence electrons. The maximum absolute atomic E-state index is 12.2. The summed E-state index contributed by atoms with van der Waals surface area (Å²) >= 11 is 12.3. The summed E-state index contributed by atoms with van der Waals surface area (Å²) in [6, 6.07) is 38.4. The molecule has 6 rings (SSSR count). The average Bonchev–Trinajstić information content (AvgIpc) is 3.44. The molecule has 2 atom stereocenters. The number of nitrogens with zero attached hydrogens (tertiary/aromatic N) is 2. The predicted octanol–water partition coefficient (Wildman–Crippen LogP) is 20.8. The van der Waals surface area contributed by atoms with E-state index in [2.05, 4.69) is 74.5 Å². The molecule has 0 bridgehead atoms. The molecule has 2 fully saturated rings. The predicted molar refractivity (Wildman–Crippen MR) is 322 cm³/mol. The number of ether oxygens (including phenoxy) is 2. The lowest BCUT2D eigenvalue weighted by atomic mass is 9.67. The zero-order chi connectivity index (χ0) is 55.5. The van der Waals surface area contributed by atoms with E-state index in [1.807, 2.05) is 76.2 Å². The molecule has 0 aromatic heterocycles. The second-order valence-corrected chi connectivity index (χ2v) is 24.8. The molecule has 0 spiro atoms. The fourth-order valence-electron chi connectivity index (χ4n) is 11.6. The molecule has 6 nitrogen and oxygen atoms in total. The number of halogens is 2. The third-order valence-corrected chi connectivity index (χ3v) is 17.3. The Labute approximate surface area is 476 Å². The third-order valence-electron chi connectivity index (χ3n) is 16.6. The van der Waals surface area contributed by atoms with Gasteiger partial charge in [-0.2, -0.15) is 10.5 Å². The van der Waals surface area contributed by atoms with E-state index in [0.717, 1.165) is 86.5 Å². The molecule has 2 aliphatic rings. The smallest absolute Gasteiger partial charge is 0.329 e. The van der Waals surface area contributed by atoms with E-state index < -0.39 is 22.7 Å². The number of carbonyl (C=O) groups is 2. The quantitative estimate of drug-likeness (QED) is 0.0232. The first kappa shape index (κ1) is 63.2. The summed E-state index contributed by atoms with van der Waals surface area (Å²) in [5.74, 6) is 2.00. The molecular weight excluding hydrogens is 992 g/mol. The van der Waals surface area contributed by atoms with Gasteiger partial charge in [0.05, 0.1) is 23.0 Å². The van der Waals surface area contributed by atoms with Gasteiger partial charge in [-0.3, -0.25) is 9.59 Å². The number of unbranched alkanes of at least 4 members (excludes halogenated alkanes) is 13. The Kier molecular flexibility index (Phi) is 27.7. The van der Waals surface area contributed by atoms with Crippen LogP contribution in [0.2, 0.25) is 0 Å². The Morgan fingerprint density at radius 2 is 0.740 bits per heavy atom. The second kappa shape index (κ2) is 33.7. The van der Waals surface area contributed by atoms with Crippen molar-refractivity contribution in [1.29, 1.82) is 10.5 Å². The summed E-state index contributed by atoms with van der Waals surface area (Å²) in [5.41, 5.74) is 6.99. The van der Waals surface area contributed by atoms with E-state index in [1.54, 1.807) is 0 Å². The lowest BCUT2D eigenvalue weighted by Crippen LogP contribution is -2.25. The molecule has 8 heteroatoms. The molecule has 4 aromatic rings. The van der Waals surface area contributed by atoms with E-state index in [1.165, 1.54) is 107 Å². The van der Waals surface area contributed by atoms with Crippen LogP contribution in [0.5, 0.6) is 11.5 Å². The van der Waals surface area contributed by atoms with Gasteiger partial charge in [0.1, 0.15) is 22.3 Å². The third kappa shape index (κ3) is 21.5. The Morgan fingerprint density at radius 3 is 1.01 bits per heavy atom. The molecule has 0 heterocycles. The number of hydrogen-bond acceptors (Lipinski definition) is 6. The molecule has 0 saturated heterocycles. The second-order valence-electron chi connectivity index (χ2n) is 23.8. The van der Waals surface area contributed by atoms with Crippen LogP contribution in [-0.2, 0) is 9.59 Å². The monoisotopic (exact) mass is 1080 g/mol. The minimum absolute atomic E-state index is 0.108. The normalized spacial score (nSPS) is 20.1. The van der Waals surface area contributed by atoms with E-state index >= 15 is 0 Å². The van der Waals surface area contributed by atoms with Crippen LogP contribution in [-0.4, -0.2) is 22.7 Å². The lowest BCUT2D eigenvalue weighted by molar-refractivity contribution is -0.135. The summed E-state index contributed by atoms with van der Waals surface area (Å²) in [4.78, 5) is 24.4. The highest BCUT2D eigenvalue weighted by molar-refractivity contribution is 6.30. The lowest BCUT2D eigenvalue weighted by Gasteiger charge is -2.35. The Bertz CT molecular complexity index is 2380. The van der Waals surface area contributed by atoms with Crippen LogP contribution in [0.15, 0.2) is 97.1 Å². The first-order chi connectivity index (χ1) is 37.2. The maximum atomic E-state index is 12.2. The van der Waals surface area contributed by atoms with Crippen LogP contribution in [0.25, 0.3) is 22.3 Å². The van der Waals surface area contributed by atoms with Crippen LogP contribution in [0, 0.1) is 45.3 Å². The van der Waals surface area contributed by atoms with E-state index in [9.17, 15) is 20.1 Å². The summed E-state index contributed by atoms with van der Waals surface area (Å²) in [5, 5.41) is 18.7. The molecule has 0 radical (unpaired) electrons. The molecule has 0 aliphatic heterocycles. The number of rotatable bonds is 29. The van der Waals surface area contributed by atoms with Gasteiger partial charge in [0.25, 0.3) is 0 Å². The number of carbonyl (C=O) groups excluding carboxylic acids is 2. The van der Waals surface area contributed by atoms with Crippen LogP contribution in [0.4, 0.5) is 0 Å². The molecule has 2 unspecified atom stereocenters. The fraction of sp³-hybridized carbons (Fsp3) is 0.594. The van der Waals surface area contributed by atoms with Crippen molar-refractivity contribution in [3.63, 3.8) is 0 Å². The number of alkyl halides is 2. The van der Waals surface area contributed by atoms with Gasteiger partial charge >= 0.3 is 11.9 Å². The molecule has 0 amide bonds. The van der Waals surface area contributed by atoms with Crippen LogP contribution >= 0.6 is 23.2 Å². The largest absolute Gasteiger partial charge is 0.425 e. The summed E-state index contributed by atoms with van der Waals surface area (Å²) < 4.78 is 10.9. The molecule has 2 aliphatic carbocycles. The van der Waals surface area contributed by atoms with Crippen molar-refractivity contribution in [3.8, 4) is 45.9 Å². The minimum atomic E-state index is -0.625.